The minimum absolute atomic E-state index is 0.0812. The van der Waals surface area contributed by atoms with Crippen LogP contribution in [0.4, 0.5) is 18.0 Å². The number of benzene rings is 2. The van der Waals surface area contributed by atoms with Gasteiger partial charge in [-0.05, 0) is 35.9 Å². The number of nitrogens with zero attached hydrogens (tertiary/aromatic N) is 3. The van der Waals surface area contributed by atoms with Gasteiger partial charge in [0.15, 0.2) is 0 Å². The van der Waals surface area contributed by atoms with Crippen LogP contribution >= 0.6 is 23.2 Å². The molecule has 2 fully saturated rings. The summed E-state index contributed by atoms with van der Waals surface area (Å²) in [5.41, 5.74) is 0.0340. The van der Waals surface area contributed by atoms with E-state index < -0.39 is 21.8 Å². The number of hydrogen-bond donors (Lipinski definition) is 0. The largest absolute Gasteiger partial charge is 0.493 e. The Hall–Kier alpha value is -2.21. The molecule has 2 heterocycles. The summed E-state index contributed by atoms with van der Waals surface area (Å²) in [5.74, 6) is -0.334. The minimum atomic E-state index is -4.49. The first-order valence-corrected chi connectivity index (χ1v) is 14.2. The molecular formula is C24H26Cl2F3N3O4S. The standard InChI is InChI=1S/C24H26Cl2F3N3O4S/c1-37(34,35)32-9-7-30(8-10-32)23(33)31-13-17(20(14-31)16-5-6-21(25)22(26)11-16)15-36-19-4-2-3-18(12-19)24(27,28)29/h2-6,11-12,17,20H,7-10,13-15H2,1H3. The fourth-order valence-corrected chi connectivity index (χ4v) is 5.83. The Bertz CT molecular complexity index is 1250. The van der Waals surface area contributed by atoms with Crippen LogP contribution in [0.3, 0.4) is 0 Å². The molecule has 2 aromatic carbocycles. The summed E-state index contributed by atoms with van der Waals surface area (Å²) in [4.78, 5) is 16.6. The van der Waals surface area contributed by atoms with Crippen molar-refractivity contribution >= 4 is 39.3 Å². The van der Waals surface area contributed by atoms with Crippen molar-refractivity contribution in [1.82, 2.24) is 14.1 Å². The first-order valence-electron chi connectivity index (χ1n) is 11.6. The van der Waals surface area contributed by atoms with E-state index in [9.17, 15) is 26.4 Å². The van der Waals surface area contributed by atoms with Crippen LogP contribution in [0.15, 0.2) is 42.5 Å². The number of halogens is 5. The number of carbonyl (C=O) groups excluding carboxylic acids is 1. The van der Waals surface area contributed by atoms with Gasteiger partial charge in [-0.2, -0.15) is 17.5 Å². The molecule has 2 aliphatic rings. The molecule has 2 saturated heterocycles. The predicted octanol–water partition coefficient (Wildman–Crippen LogP) is 4.80. The number of carbonyl (C=O) groups is 1. The number of amides is 2. The quantitative estimate of drug-likeness (QED) is 0.510. The van der Waals surface area contributed by atoms with Crippen molar-refractivity contribution in [2.75, 3.05) is 52.1 Å². The molecule has 0 radical (unpaired) electrons. The normalized spacial score (nSPS) is 21.4. The van der Waals surface area contributed by atoms with Crippen LogP contribution in [0.1, 0.15) is 17.0 Å². The molecule has 2 aliphatic heterocycles. The topological polar surface area (TPSA) is 70.2 Å². The van der Waals surface area contributed by atoms with Gasteiger partial charge in [-0.15, -0.1) is 0 Å². The molecule has 4 rings (SSSR count). The second-order valence-electron chi connectivity index (χ2n) is 9.21. The van der Waals surface area contributed by atoms with Gasteiger partial charge in [0.2, 0.25) is 10.0 Å². The third-order valence-corrected chi connectivity index (χ3v) is 8.73. The highest BCUT2D eigenvalue weighted by molar-refractivity contribution is 7.88. The fourth-order valence-electron chi connectivity index (χ4n) is 4.69. The number of likely N-dealkylation sites (tertiary alicyclic amines) is 1. The van der Waals surface area contributed by atoms with Crippen molar-refractivity contribution < 1.29 is 31.1 Å². The Balaban J connectivity index is 1.50. The molecule has 0 aliphatic carbocycles. The summed E-state index contributed by atoms with van der Waals surface area (Å²) in [6.07, 6.45) is -3.35. The van der Waals surface area contributed by atoms with Crippen LogP contribution < -0.4 is 4.74 Å². The van der Waals surface area contributed by atoms with E-state index in [-0.39, 0.29) is 56.4 Å². The van der Waals surface area contributed by atoms with E-state index in [2.05, 4.69) is 0 Å². The highest BCUT2D eigenvalue weighted by Crippen LogP contribution is 2.37. The molecule has 0 N–H and O–H groups in total. The van der Waals surface area contributed by atoms with Gasteiger partial charge in [0.05, 0.1) is 28.5 Å². The van der Waals surface area contributed by atoms with Crippen LogP contribution in [0.5, 0.6) is 5.75 Å². The molecule has 2 amide bonds. The minimum Gasteiger partial charge on any atom is -0.493 e. The second-order valence-corrected chi connectivity index (χ2v) is 12.0. The summed E-state index contributed by atoms with van der Waals surface area (Å²) >= 11 is 12.3. The van der Waals surface area contributed by atoms with E-state index in [4.69, 9.17) is 27.9 Å². The molecule has 2 aromatic rings. The average molecular weight is 580 g/mol. The van der Waals surface area contributed by atoms with Gasteiger partial charge < -0.3 is 14.5 Å². The number of piperazine rings is 1. The zero-order valence-corrected chi connectivity index (χ0v) is 22.2. The van der Waals surface area contributed by atoms with Gasteiger partial charge in [-0.1, -0.05) is 35.3 Å². The molecule has 2 atom stereocenters. The fraction of sp³-hybridized carbons (Fsp3) is 0.458. The lowest BCUT2D eigenvalue weighted by Crippen LogP contribution is -2.53. The van der Waals surface area contributed by atoms with Crippen molar-refractivity contribution in [3.8, 4) is 5.75 Å². The molecule has 0 saturated carbocycles. The number of ether oxygens (including phenoxy) is 1. The van der Waals surface area contributed by atoms with Gasteiger partial charge >= 0.3 is 12.2 Å². The Morgan fingerprint density at radius 2 is 1.70 bits per heavy atom. The predicted molar refractivity (Wildman–Crippen MR) is 135 cm³/mol. The summed E-state index contributed by atoms with van der Waals surface area (Å²) in [7, 11) is -3.33. The summed E-state index contributed by atoms with van der Waals surface area (Å²) in [6, 6.07) is 9.66. The van der Waals surface area contributed by atoms with Crippen molar-refractivity contribution in [2.45, 2.75) is 12.1 Å². The number of urea groups is 1. The molecule has 13 heteroatoms. The van der Waals surface area contributed by atoms with Gasteiger partial charge in [0, 0.05) is 51.1 Å². The number of hydrogen-bond acceptors (Lipinski definition) is 4. The lowest BCUT2D eigenvalue weighted by molar-refractivity contribution is -0.137. The average Bonchev–Trinajstić information content (AvgIpc) is 3.27. The number of sulfonamides is 1. The summed E-state index contributed by atoms with van der Waals surface area (Å²) < 4.78 is 70.0. The molecule has 0 aromatic heterocycles. The SMILES string of the molecule is CS(=O)(=O)N1CCN(C(=O)N2CC(COc3cccc(C(F)(F)F)c3)C(c3ccc(Cl)c(Cl)c3)C2)CC1. The van der Waals surface area contributed by atoms with E-state index in [1.807, 2.05) is 6.07 Å². The van der Waals surface area contributed by atoms with E-state index in [1.165, 1.54) is 16.4 Å². The zero-order valence-electron chi connectivity index (χ0n) is 19.9. The van der Waals surface area contributed by atoms with Gasteiger partial charge in [-0.25, -0.2) is 13.2 Å². The lowest BCUT2D eigenvalue weighted by Gasteiger charge is -2.35. The van der Waals surface area contributed by atoms with Crippen LogP contribution in [0, 0.1) is 5.92 Å². The maximum absolute atomic E-state index is 13.3. The van der Waals surface area contributed by atoms with Gasteiger partial charge in [0.25, 0.3) is 0 Å². The third kappa shape index (κ3) is 6.63. The highest BCUT2D eigenvalue weighted by Gasteiger charge is 2.39. The molecule has 0 spiro atoms. The molecule has 7 nitrogen and oxygen atoms in total. The van der Waals surface area contributed by atoms with Crippen molar-refractivity contribution in [2.24, 2.45) is 5.92 Å². The van der Waals surface area contributed by atoms with Gasteiger partial charge in [-0.3, -0.25) is 0 Å². The number of rotatable bonds is 5. The van der Waals surface area contributed by atoms with E-state index in [0.717, 1.165) is 24.0 Å². The Morgan fingerprint density at radius 1 is 1.00 bits per heavy atom. The number of alkyl halides is 3. The molecular weight excluding hydrogens is 554 g/mol. The third-order valence-electron chi connectivity index (χ3n) is 6.69. The first kappa shape index (κ1) is 27.8. The second kappa shape index (κ2) is 10.9. The van der Waals surface area contributed by atoms with Crippen LogP contribution in [-0.4, -0.2) is 80.7 Å². The van der Waals surface area contributed by atoms with E-state index in [1.54, 1.807) is 21.9 Å². The molecule has 37 heavy (non-hydrogen) atoms. The monoisotopic (exact) mass is 579 g/mol. The Kier molecular flexibility index (Phi) is 8.18. The maximum Gasteiger partial charge on any atom is 0.416 e. The summed E-state index contributed by atoms with van der Waals surface area (Å²) in [6.45, 7) is 1.72. The highest BCUT2D eigenvalue weighted by atomic mass is 35.5. The Morgan fingerprint density at radius 3 is 2.32 bits per heavy atom. The van der Waals surface area contributed by atoms with E-state index in [0.29, 0.717) is 23.1 Å². The lowest BCUT2D eigenvalue weighted by atomic mass is 9.89. The zero-order chi connectivity index (χ0) is 27.0. The molecule has 202 valence electrons. The summed E-state index contributed by atoms with van der Waals surface area (Å²) in [5, 5.41) is 0.746. The van der Waals surface area contributed by atoms with Crippen molar-refractivity contribution in [1.29, 1.82) is 0 Å². The van der Waals surface area contributed by atoms with Crippen LogP contribution in [0.25, 0.3) is 0 Å². The first-order chi connectivity index (χ1) is 17.3. The van der Waals surface area contributed by atoms with Crippen LogP contribution in [-0.2, 0) is 16.2 Å². The van der Waals surface area contributed by atoms with Crippen molar-refractivity contribution in [3.63, 3.8) is 0 Å². The molecule has 2 unspecified atom stereocenters. The van der Waals surface area contributed by atoms with E-state index >= 15 is 0 Å². The smallest absolute Gasteiger partial charge is 0.416 e. The van der Waals surface area contributed by atoms with Gasteiger partial charge in [0.1, 0.15) is 5.75 Å². The Labute approximate surface area is 223 Å². The van der Waals surface area contributed by atoms with Crippen LogP contribution in [0.2, 0.25) is 10.0 Å². The van der Waals surface area contributed by atoms with Crippen molar-refractivity contribution in [3.05, 3.63) is 63.6 Å². The molecule has 0 bridgehead atoms. The maximum atomic E-state index is 13.3.